The second kappa shape index (κ2) is 7.11. The van der Waals surface area contributed by atoms with E-state index in [1.165, 1.54) is 18.5 Å². The fraction of sp³-hybridized carbons (Fsp3) is 0.0870. The van der Waals surface area contributed by atoms with Gasteiger partial charge in [0.25, 0.3) is 0 Å². The van der Waals surface area contributed by atoms with Crippen LogP contribution in [0.2, 0.25) is 0 Å². The molecule has 2 aromatic heterocycles. The number of rotatable bonds is 4. The summed E-state index contributed by atoms with van der Waals surface area (Å²) >= 11 is 0. The molecule has 0 atom stereocenters. The third-order valence-corrected chi connectivity index (χ3v) is 4.93. The molecule has 2 heterocycles. The third kappa shape index (κ3) is 2.91. The lowest BCUT2D eigenvalue weighted by molar-refractivity contribution is 0.342. The van der Waals surface area contributed by atoms with E-state index in [2.05, 4.69) is 9.97 Å². The van der Waals surface area contributed by atoms with Gasteiger partial charge in [-0.3, -0.25) is 0 Å². The van der Waals surface area contributed by atoms with Crippen molar-refractivity contribution in [1.29, 1.82) is 0 Å². The molecular formula is C23H18FN5O. The van der Waals surface area contributed by atoms with Crippen LogP contribution < -0.4 is 10.5 Å². The standard InChI is InChI=1S/C23H18FN5O/c1-2-30-21-12-19-17(11-18(21)25)22(27-13-26-19)23-16-8-3-4-9-20(16)29(28-23)15-7-5-6-14(24)10-15/h3-13H,2,25H2,1H3. The number of aromatic nitrogens is 4. The van der Waals surface area contributed by atoms with Gasteiger partial charge in [-0.25, -0.2) is 19.0 Å². The van der Waals surface area contributed by atoms with Crippen molar-refractivity contribution in [1.82, 2.24) is 19.7 Å². The van der Waals surface area contributed by atoms with Crippen molar-refractivity contribution >= 4 is 27.5 Å². The number of benzene rings is 3. The minimum Gasteiger partial charge on any atom is -0.492 e. The number of nitrogen functional groups attached to an aromatic ring is 1. The van der Waals surface area contributed by atoms with Crippen LogP contribution in [0.1, 0.15) is 6.92 Å². The van der Waals surface area contributed by atoms with Crippen molar-refractivity contribution in [3.8, 4) is 22.8 Å². The van der Waals surface area contributed by atoms with E-state index in [9.17, 15) is 4.39 Å². The Bertz CT molecular complexity index is 1400. The molecule has 3 aromatic carbocycles. The monoisotopic (exact) mass is 399 g/mol. The normalized spacial score (nSPS) is 11.3. The van der Waals surface area contributed by atoms with E-state index in [0.717, 1.165) is 16.3 Å². The predicted octanol–water partition coefficient (Wildman–Crippen LogP) is 4.76. The number of anilines is 1. The average Bonchev–Trinajstić information content (AvgIpc) is 3.14. The zero-order valence-corrected chi connectivity index (χ0v) is 16.2. The van der Waals surface area contributed by atoms with Gasteiger partial charge in [-0.2, -0.15) is 5.10 Å². The van der Waals surface area contributed by atoms with E-state index in [-0.39, 0.29) is 5.82 Å². The fourth-order valence-electron chi connectivity index (χ4n) is 3.62. The maximum atomic E-state index is 13.8. The molecule has 0 aliphatic carbocycles. The molecule has 0 unspecified atom stereocenters. The molecule has 2 N–H and O–H groups in total. The van der Waals surface area contributed by atoms with Crippen molar-refractivity contribution in [2.24, 2.45) is 0 Å². The molecular weight excluding hydrogens is 381 g/mol. The Morgan fingerprint density at radius 1 is 0.967 bits per heavy atom. The van der Waals surface area contributed by atoms with Gasteiger partial charge >= 0.3 is 0 Å². The quantitative estimate of drug-likeness (QED) is 0.441. The first-order valence-electron chi connectivity index (χ1n) is 9.57. The van der Waals surface area contributed by atoms with E-state index in [1.54, 1.807) is 10.7 Å². The van der Waals surface area contributed by atoms with E-state index in [0.29, 0.717) is 40.6 Å². The lowest BCUT2D eigenvalue weighted by atomic mass is 10.1. The first kappa shape index (κ1) is 18.1. The number of nitrogens with zero attached hydrogens (tertiary/aromatic N) is 4. The lowest BCUT2D eigenvalue weighted by Crippen LogP contribution is -1.99. The molecule has 5 aromatic rings. The van der Waals surface area contributed by atoms with Gasteiger partial charge in [0.1, 0.15) is 29.3 Å². The number of hydrogen-bond acceptors (Lipinski definition) is 5. The number of hydrogen-bond donors (Lipinski definition) is 1. The predicted molar refractivity (Wildman–Crippen MR) is 115 cm³/mol. The fourth-order valence-corrected chi connectivity index (χ4v) is 3.62. The van der Waals surface area contributed by atoms with Gasteiger partial charge in [0.05, 0.1) is 29.0 Å². The summed E-state index contributed by atoms with van der Waals surface area (Å²) in [7, 11) is 0. The lowest BCUT2D eigenvalue weighted by Gasteiger charge is -2.09. The van der Waals surface area contributed by atoms with Gasteiger partial charge in [-0.1, -0.05) is 24.3 Å². The van der Waals surface area contributed by atoms with Crippen LogP contribution in [-0.4, -0.2) is 26.4 Å². The summed E-state index contributed by atoms with van der Waals surface area (Å²) in [6.07, 6.45) is 1.50. The van der Waals surface area contributed by atoms with Gasteiger partial charge in [0.2, 0.25) is 0 Å². The van der Waals surface area contributed by atoms with Crippen LogP contribution >= 0.6 is 0 Å². The van der Waals surface area contributed by atoms with Crippen molar-refractivity contribution in [3.63, 3.8) is 0 Å². The topological polar surface area (TPSA) is 78.9 Å². The molecule has 0 fully saturated rings. The van der Waals surface area contributed by atoms with Crippen molar-refractivity contribution in [2.45, 2.75) is 6.92 Å². The van der Waals surface area contributed by atoms with Gasteiger partial charge in [-0.05, 0) is 37.3 Å². The molecule has 0 aliphatic heterocycles. The first-order chi connectivity index (χ1) is 14.7. The van der Waals surface area contributed by atoms with Crippen LogP contribution in [0.3, 0.4) is 0 Å². The highest BCUT2D eigenvalue weighted by Gasteiger charge is 2.18. The molecule has 0 amide bonds. The SMILES string of the molecule is CCOc1cc2ncnc(-c3nn(-c4cccc(F)c4)c4ccccc34)c2cc1N. The van der Waals surface area contributed by atoms with E-state index in [4.69, 9.17) is 15.6 Å². The van der Waals surface area contributed by atoms with Crippen LogP contribution in [0.5, 0.6) is 5.75 Å². The molecule has 7 heteroatoms. The van der Waals surface area contributed by atoms with Crippen LogP contribution in [0, 0.1) is 5.82 Å². The molecule has 6 nitrogen and oxygen atoms in total. The maximum absolute atomic E-state index is 13.8. The smallest absolute Gasteiger partial charge is 0.144 e. The van der Waals surface area contributed by atoms with Crippen LogP contribution in [0.15, 0.2) is 67.0 Å². The van der Waals surface area contributed by atoms with E-state index >= 15 is 0 Å². The summed E-state index contributed by atoms with van der Waals surface area (Å²) in [5.74, 6) is 0.266. The Hall–Kier alpha value is -4.00. The summed E-state index contributed by atoms with van der Waals surface area (Å²) in [4.78, 5) is 8.89. The van der Waals surface area contributed by atoms with Gasteiger partial charge in [0, 0.05) is 16.8 Å². The summed E-state index contributed by atoms with van der Waals surface area (Å²) in [6.45, 7) is 2.41. The number of halogens is 1. The molecule has 148 valence electrons. The largest absolute Gasteiger partial charge is 0.492 e. The third-order valence-electron chi connectivity index (χ3n) is 4.93. The number of para-hydroxylation sites is 1. The molecule has 30 heavy (non-hydrogen) atoms. The van der Waals surface area contributed by atoms with Gasteiger partial charge in [0.15, 0.2) is 0 Å². The Morgan fingerprint density at radius 3 is 2.67 bits per heavy atom. The molecule has 0 aliphatic rings. The van der Waals surface area contributed by atoms with Crippen molar-refractivity contribution in [2.75, 3.05) is 12.3 Å². The Balaban J connectivity index is 1.78. The molecule has 0 radical (unpaired) electrons. The molecule has 0 saturated carbocycles. The zero-order chi connectivity index (χ0) is 20.7. The van der Waals surface area contributed by atoms with E-state index in [1.807, 2.05) is 49.4 Å². The molecule has 0 bridgehead atoms. The number of ether oxygens (including phenoxy) is 1. The summed E-state index contributed by atoms with van der Waals surface area (Å²) in [6, 6.07) is 17.7. The minimum atomic E-state index is -0.322. The molecule has 0 spiro atoms. The van der Waals surface area contributed by atoms with Crippen molar-refractivity contribution in [3.05, 3.63) is 72.8 Å². The van der Waals surface area contributed by atoms with Crippen molar-refractivity contribution < 1.29 is 9.13 Å². The zero-order valence-electron chi connectivity index (χ0n) is 16.2. The second-order valence-corrected chi connectivity index (χ2v) is 6.82. The Labute approximate surface area is 171 Å². The van der Waals surface area contributed by atoms with Crippen LogP contribution in [-0.2, 0) is 0 Å². The van der Waals surface area contributed by atoms with Gasteiger partial charge < -0.3 is 10.5 Å². The summed E-state index contributed by atoms with van der Waals surface area (Å²) in [5.41, 5.74) is 10.2. The number of fused-ring (bicyclic) bond motifs is 2. The Kier molecular flexibility index (Phi) is 4.28. The van der Waals surface area contributed by atoms with Crippen LogP contribution in [0.4, 0.5) is 10.1 Å². The highest BCUT2D eigenvalue weighted by atomic mass is 19.1. The maximum Gasteiger partial charge on any atom is 0.144 e. The number of nitrogens with two attached hydrogens (primary N) is 1. The molecule has 0 saturated heterocycles. The minimum absolute atomic E-state index is 0.322. The van der Waals surface area contributed by atoms with Gasteiger partial charge in [-0.15, -0.1) is 0 Å². The van der Waals surface area contributed by atoms with E-state index < -0.39 is 0 Å². The molecule has 5 rings (SSSR count). The highest BCUT2D eigenvalue weighted by Crippen LogP contribution is 2.35. The van der Waals surface area contributed by atoms with Crippen LogP contribution in [0.25, 0.3) is 38.9 Å². The Morgan fingerprint density at radius 2 is 1.83 bits per heavy atom. The summed E-state index contributed by atoms with van der Waals surface area (Å²) < 4.78 is 21.2. The average molecular weight is 399 g/mol. The first-order valence-corrected chi connectivity index (χ1v) is 9.57. The summed E-state index contributed by atoms with van der Waals surface area (Å²) in [5, 5.41) is 6.47. The highest BCUT2D eigenvalue weighted by molar-refractivity contribution is 6.02. The second-order valence-electron chi connectivity index (χ2n) is 6.82.